The number of amides is 1. The minimum atomic E-state index is -0.402. The lowest BCUT2D eigenvalue weighted by atomic mass is 10.1. The number of rotatable bonds is 5. The first-order chi connectivity index (χ1) is 13.7. The zero-order chi connectivity index (χ0) is 19.5. The van der Waals surface area contributed by atoms with Crippen LogP contribution < -0.4 is 15.1 Å². The van der Waals surface area contributed by atoms with E-state index in [1.165, 1.54) is 18.5 Å². The monoisotopic (exact) mass is 377 g/mol. The summed E-state index contributed by atoms with van der Waals surface area (Å²) >= 11 is 0. The van der Waals surface area contributed by atoms with Gasteiger partial charge in [0.15, 0.2) is 17.1 Å². The molecule has 1 aliphatic rings. The maximum absolute atomic E-state index is 12.4. The first kappa shape index (κ1) is 18.1. The second-order valence-electron chi connectivity index (χ2n) is 6.92. The van der Waals surface area contributed by atoms with Crippen LogP contribution in [-0.4, -0.2) is 32.3 Å². The summed E-state index contributed by atoms with van der Waals surface area (Å²) in [6, 6.07) is 13.5. The van der Waals surface area contributed by atoms with Gasteiger partial charge in [-0.3, -0.25) is 4.79 Å². The van der Waals surface area contributed by atoms with Crippen molar-refractivity contribution in [2.45, 2.75) is 19.8 Å². The Hall–Kier alpha value is -3.28. The molecule has 0 unspecified atom stereocenters. The lowest BCUT2D eigenvalue weighted by molar-refractivity contribution is 0.0929. The summed E-state index contributed by atoms with van der Waals surface area (Å²) in [6.07, 6.45) is 4.16. The number of hydrogen-bond donors (Lipinski definition) is 1. The highest BCUT2D eigenvalue weighted by atomic mass is 16.5. The number of anilines is 1. The summed E-state index contributed by atoms with van der Waals surface area (Å²) in [5.41, 5.74) is 6.41. The van der Waals surface area contributed by atoms with Crippen molar-refractivity contribution in [3.05, 3.63) is 59.4 Å². The molecule has 0 atom stereocenters. The topological polar surface area (TPSA) is 67.1 Å². The molecule has 1 aromatic heterocycles. The maximum Gasteiger partial charge on any atom is 0.307 e. The van der Waals surface area contributed by atoms with Crippen LogP contribution in [0.25, 0.3) is 11.0 Å². The van der Waals surface area contributed by atoms with Gasteiger partial charge in [0.25, 0.3) is 0 Å². The minimum Gasteiger partial charge on any atom is -0.493 e. The Labute approximate surface area is 163 Å². The Morgan fingerprint density at radius 1 is 1.21 bits per heavy atom. The molecule has 144 valence electrons. The number of carbonyl (C=O) groups excluding carboxylic acids is 1. The van der Waals surface area contributed by atoms with Gasteiger partial charge in [0.05, 0.1) is 13.3 Å². The standard InChI is InChI=1S/C22H23N3O3/c1-15-12-18(25-10-3-4-11-25)9-8-17(15)14-23-24-22(26)20-13-16-6-5-7-19(27-2)21(16)28-20/h5-9,12-14H,3-4,10-11H2,1-2H3,(H,24,26)/b23-14-. The third-order valence-corrected chi connectivity index (χ3v) is 5.05. The quantitative estimate of drug-likeness (QED) is 0.537. The molecule has 6 heteroatoms. The second-order valence-corrected chi connectivity index (χ2v) is 6.92. The Morgan fingerprint density at radius 3 is 2.79 bits per heavy atom. The number of furan rings is 1. The molecular formula is C22H23N3O3. The first-order valence-electron chi connectivity index (χ1n) is 9.41. The Kier molecular flexibility index (Phi) is 5.02. The van der Waals surface area contributed by atoms with Crippen molar-refractivity contribution in [2.24, 2.45) is 5.10 Å². The van der Waals surface area contributed by atoms with Crippen LogP contribution in [0.15, 0.2) is 52.0 Å². The number of aryl methyl sites for hydroxylation is 1. The average molecular weight is 377 g/mol. The van der Waals surface area contributed by atoms with Crippen molar-refractivity contribution in [3.63, 3.8) is 0 Å². The van der Waals surface area contributed by atoms with E-state index in [0.717, 1.165) is 29.6 Å². The van der Waals surface area contributed by atoms with Gasteiger partial charge in [-0.15, -0.1) is 0 Å². The van der Waals surface area contributed by atoms with Crippen LogP contribution in [0.2, 0.25) is 0 Å². The number of hydrazone groups is 1. The van der Waals surface area contributed by atoms with Gasteiger partial charge in [-0.25, -0.2) is 5.43 Å². The summed E-state index contributed by atoms with van der Waals surface area (Å²) in [5, 5.41) is 4.90. The Morgan fingerprint density at radius 2 is 2.04 bits per heavy atom. The van der Waals surface area contributed by atoms with Gasteiger partial charge < -0.3 is 14.1 Å². The number of nitrogens with zero attached hydrogens (tertiary/aromatic N) is 2. The molecule has 0 spiro atoms. The largest absolute Gasteiger partial charge is 0.493 e. The summed E-state index contributed by atoms with van der Waals surface area (Å²) in [4.78, 5) is 14.7. The second kappa shape index (κ2) is 7.76. The molecule has 1 fully saturated rings. The van der Waals surface area contributed by atoms with E-state index >= 15 is 0 Å². The summed E-state index contributed by atoms with van der Waals surface area (Å²) in [6.45, 7) is 4.28. The number of nitrogens with one attached hydrogen (secondary N) is 1. The molecular weight excluding hydrogens is 354 g/mol. The molecule has 3 aromatic rings. The molecule has 28 heavy (non-hydrogen) atoms. The summed E-state index contributed by atoms with van der Waals surface area (Å²) < 4.78 is 10.9. The predicted molar refractivity (Wildman–Crippen MR) is 110 cm³/mol. The van der Waals surface area contributed by atoms with Crippen LogP contribution in [-0.2, 0) is 0 Å². The fourth-order valence-electron chi connectivity index (χ4n) is 3.50. The van der Waals surface area contributed by atoms with Crippen LogP contribution in [0.5, 0.6) is 5.75 Å². The minimum absolute atomic E-state index is 0.192. The predicted octanol–water partition coefficient (Wildman–Crippen LogP) is 4.11. The highest BCUT2D eigenvalue weighted by Gasteiger charge is 2.15. The van der Waals surface area contributed by atoms with E-state index < -0.39 is 5.91 Å². The van der Waals surface area contributed by atoms with Crippen LogP contribution in [0.4, 0.5) is 5.69 Å². The van der Waals surface area contributed by atoms with Crippen molar-refractivity contribution >= 4 is 28.8 Å². The Bertz CT molecular complexity index is 1030. The molecule has 0 bridgehead atoms. The average Bonchev–Trinajstić information content (AvgIpc) is 3.38. The lowest BCUT2D eigenvalue weighted by Crippen LogP contribution is -2.18. The van der Waals surface area contributed by atoms with Crippen molar-refractivity contribution < 1.29 is 13.9 Å². The van der Waals surface area contributed by atoms with E-state index in [1.54, 1.807) is 25.5 Å². The fraction of sp³-hybridized carbons (Fsp3) is 0.273. The molecule has 2 heterocycles. The van der Waals surface area contributed by atoms with Crippen LogP contribution in [0.1, 0.15) is 34.5 Å². The van der Waals surface area contributed by atoms with E-state index in [1.807, 2.05) is 25.1 Å². The molecule has 0 radical (unpaired) electrons. The van der Waals surface area contributed by atoms with Crippen molar-refractivity contribution in [1.82, 2.24) is 5.43 Å². The number of carbonyl (C=O) groups is 1. The van der Waals surface area contributed by atoms with E-state index in [-0.39, 0.29) is 5.76 Å². The van der Waals surface area contributed by atoms with Gasteiger partial charge in [0.2, 0.25) is 0 Å². The summed E-state index contributed by atoms with van der Waals surface area (Å²) in [7, 11) is 1.57. The van der Waals surface area contributed by atoms with Crippen molar-refractivity contribution in [2.75, 3.05) is 25.1 Å². The van der Waals surface area contributed by atoms with E-state index in [0.29, 0.717) is 11.3 Å². The normalized spacial score (nSPS) is 14.1. The molecule has 1 saturated heterocycles. The van der Waals surface area contributed by atoms with Gasteiger partial charge in [-0.05, 0) is 55.2 Å². The van der Waals surface area contributed by atoms with Gasteiger partial charge >= 0.3 is 5.91 Å². The van der Waals surface area contributed by atoms with Gasteiger partial charge in [-0.1, -0.05) is 18.2 Å². The lowest BCUT2D eigenvalue weighted by Gasteiger charge is -2.18. The number of benzene rings is 2. The maximum atomic E-state index is 12.4. The van der Waals surface area contributed by atoms with Gasteiger partial charge in [0, 0.05) is 24.2 Å². The van der Waals surface area contributed by atoms with Crippen LogP contribution in [0.3, 0.4) is 0 Å². The highest BCUT2D eigenvalue weighted by Crippen LogP contribution is 2.28. The van der Waals surface area contributed by atoms with Crippen LogP contribution in [0, 0.1) is 6.92 Å². The van der Waals surface area contributed by atoms with Crippen molar-refractivity contribution in [1.29, 1.82) is 0 Å². The van der Waals surface area contributed by atoms with Gasteiger partial charge in [-0.2, -0.15) is 5.10 Å². The molecule has 1 N–H and O–H groups in total. The third-order valence-electron chi connectivity index (χ3n) is 5.05. The Balaban J connectivity index is 1.45. The SMILES string of the molecule is COc1cccc2cc(C(=O)N/N=C\c3ccc(N4CCCC4)cc3C)oc12. The molecule has 4 rings (SSSR count). The van der Waals surface area contributed by atoms with E-state index in [9.17, 15) is 4.79 Å². The molecule has 0 aliphatic carbocycles. The van der Waals surface area contributed by atoms with Gasteiger partial charge in [0.1, 0.15) is 0 Å². The summed E-state index contributed by atoms with van der Waals surface area (Å²) in [5.74, 6) is 0.382. The van der Waals surface area contributed by atoms with E-state index in [4.69, 9.17) is 9.15 Å². The highest BCUT2D eigenvalue weighted by molar-refractivity contribution is 5.97. The number of fused-ring (bicyclic) bond motifs is 1. The third kappa shape index (κ3) is 3.58. The molecule has 1 aliphatic heterocycles. The zero-order valence-corrected chi connectivity index (χ0v) is 16.1. The van der Waals surface area contributed by atoms with Crippen LogP contribution >= 0.6 is 0 Å². The number of ether oxygens (including phenoxy) is 1. The smallest absolute Gasteiger partial charge is 0.307 e. The fourth-order valence-corrected chi connectivity index (χ4v) is 3.50. The van der Waals surface area contributed by atoms with Crippen molar-refractivity contribution in [3.8, 4) is 5.75 Å². The molecule has 0 saturated carbocycles. The number of methoxy groups -OCH3 is 1. The molecule has 2 aromatic carbocycles. The number of hydrogen-bond acceptors (Lipinski definition) is 5. The first-order valence-corrected chi connectivity index (χ1v) is 9.41. The van der Waals surface area contributed by atoms with E-state index in [2.05, 4.69) is 27.6 Å². The molecule has 1 amide bonds. The molecule has 6 nitrogen and oxygen atoms in total. The zero-order valence-electron chi connectivity index (χ0n) is 16.1. The number of para-hydroxylation sites is 1.